The van der Waals surface area contributed by atoms with Gasteiger partial charge in [0.25, 0.3) is 0 Å². The SMILES string of the molecule is CNC1CCCN(CCc2ccc(Cl)cc2)C1. The Kier molecular flexibility index (Phi) is 4.84. The Morgan fingerprint density at radius 3 is 2.82 bits per heavy atom. The second kappa shape index (κ2) is 6.39. The van der Waals surface area contributed by atoms with Crippen molar-refractivity contribution in [1.29, 1.82) is 0 Å². The lowest BCUT2D eigenvalue weighted by Gasteiger charge is -2.32. The van der Waals surface area contributed by atoms with Crippen molar-refractivity contribution in [3.63, 3.8) is 0 Å². The molecule has 0 aromatic heterocycles. The van der Waals surface area contributed by atoms with Crippen LogP contribution in [0.1, 0.15) is 18.4 Å². The summed E-state index contributed by atoms with van der Waals surface area (Å²) in [6.07, 6.45) is 3.74. The van der Waals surface area contributed by atoms with Gasteiger partial charge in [0, 0.05) is 24.2 Å². The van der Waals surface area contributed by atoms with Crippen molar-refractivity contribution in [3.8, 4) is 0 Å². The lowest BCUT2D eigenvalue weighted by molar-refractivity contribution is 0.197. The van der Waals surface area contributed by atoms with Crippen LogP contribution in [0.4, 0.5) is 0 Å². The summed E-state index contributed by atoms with van der Waals surface area (Å²) < 4.78 is 0. The molecule has 1 aromatic carbocycles. The molecule has 0 aliphatic carbocycles. The highest BCUT2D eigenvalue weighted by Crippen LogP contribution is 2.13. The number of likely N-dealkylation sites (N-methyl/N-ethyl adjacent to an activating group) is 1. The quantitative estimate of drug-likeness (QED) is 0.886. The van der Waals surface area contributed by atoms with Crippen molar-refractivity contribution in [3.05, 3.63) is 34.9 Å². The third-order valence-corrected chi connectivity index (χ3v) is 3.80. The van der Waals surface area contributed by atoms with Gasteiger partial charge in [-0.3, -0.25) is 0 Å². The van der Waals surface area contributed by atoms with Crippen LogP contribution in [0.25, 0.3) is 0 Å². The average molecular weight is 253 g/mol. The Bertz CT molecular complexity index is 337. The highest BCUT2D eigenvalue weighted by atomic mass is 35.5. The summed E-state index contributed by atoms with van der Waals surface area (Å²) in [5, 5.41) is 4.20. The summed E-state index contributed by atoms with van der Waals surface area (Å²) in [7, 11) is 2.06. The number of likely N-dealkylation sites (tertiary alicyclic amines) is 1. The molecule has 1 N–H and O–H groups in total. The summed E-state index contributed by atoms with van der Waals surface area (Å²) >= 11 is 5.88. The molecule has 1 aliphatic rings. The Labute approximate surface area is 109 Å². The molecule has 2 nitrogen and oxygen atoms in total. The zero-order valence-electron chi connectivity index (χ0n) is 10.5. The lowest BCUT2D eigenvalue weighted by atomic mass is 10.0. The second-order valence-corrected chi connectivity index (χ2v) is 5.24. The molecular formula is C14H21ClN2. The molecule has 0 spiro atoms. The van der Waals surface area contributed by atoms with Gasteiger partial charge >= 0.3 is 0 Å². The minimum atomic E-state index is 0.675. The minimum Gasteiger partial charge on any atom is -0.316 e. The monoisotopic (exact) mass is 252 g/mol. The van der Waals surface area contributed by atoms with E-state index in [2.05, 4.69) is 29.4 Å². The van der Waals surface area contributed by atoms with Gasteiger partial charge in [-0.2, -0.15) is 0 Å². The largest absolute Gasteiger partial charge is 0.316 e. The van der Waals surface area contributed by atoms with E-state index in [4.69, 9.17) is 11.6 Å². The molecule has 1 atom stereocenters. The van der Waals surface area contributed by atoms with Gasteiger partial charge < -0.3 is 10.2 Å². The van der Waals surface area contributed by atoms with Crippen LogP contribution in [0.15, 0.2) is 24.3 Å². The molecule has 1 heterocycles. The van der Waals surface area contributed by atoms with E-state index in [1.165, 1.54) is 31.5 Å². The van der Waals surface area contributed by atoms with Crippen LogP contribution in [0.3, 0.4) is 0 Å². The summed E-state index contributed by atoms with van der Waals surface area (Å²) in [5.41, 5.74) is 1.38. The molecule has 1 aliphatic heterocycles. The normalized spacial score (nSPS) is 21.6. The first-order valence-electron chi connectivity index (χ1n) is 6.42. The second-order valence-electron chi connectivity index (χ2n) is 4.80. The third-order valence-electron chi connectivity index (χ3n) is 3.54. The van der Waals surface area contributed by atoms with Crippen molar-refractivity contribution in [2.75, 3.05) is 26.7 Å². The molecule has 1 saturated heterocycles. The highest BCUT2D eigenvalue weighted by Gasteiger charge is 2.17. The van der Waals surface area contributed by atoms with Gasteiger partial charge in [0.15, 0.2) is 0 Å². The van der Waals surface area contributed by atoms with E-state index in [-0.39, 0.29) is 0 Å². The van der Waals surface area contributed by atoms with E-state index in [1.807, 2.05) is 12.1 Å². The van der Waals surface area contributed by atoms with E-state index in [9.17, 15) is 0 Å². The highest BCUT2D eigenvalue weighted by molar-refractivity contribution is 6.30. The van der Waals surface area contributed by atoms with Crippen LogP contribution < -0.4 is 5.32 Å². The predicted molar refractivity (Wildman–Crippen MR) is 73.7 cm³/mol. The van der Waals surface area contributed by atoms with Crippen LogP contribution >= 0.6 is 11.6 Å². The van der Waals surface area contributed by atoms with E-state index in [1.54, 1.807) is 0 Å². The fraction of sp³-hybridized carbons (Fsp3) is 0.571. The van der Waals surface area contributed by atoms with Crippen LogP contribution in [0.2, 0.25) is 5.02 Å². The Morgan fingerprint density at radius 1 is 1.35 bits per heavy atom. The molecule has 1 aromatic rings. The summed E-state index contributed by atoms with van der Waals surface area (Å²) in [4.78, 5) is 2.55. The molecule has 0 amide bonds. The van der Waals surface area contributed by atoms with Gasteiger partial charge in [0.05, 0.1) is 0 Å². The number of benzene rings is 1. The standard InChI is InChI=1S/C14H21ClN2/c1-16-14-3-2-9-17(11-14)10-8-12-4-6-13(15)7-5-12/h4-7,14,16H,2-3,8-11H2,1H3. The maximum absolute atomic E-state index is 5.88. The fourth-order valence-electron chi connectivity index (χ4n) is 2.43. The van der Waals surface area contributed by atoms with E-state index >= 15 is 0 Å². The Balaban J connectivity index is 1.79. The van der Waals surface area contributed by atoms with Gasteiger partial charge in [0.1, 0.15) is 0 Å². The number of nitrogens with zero attached hydrogens (tertiary/aromatic N) is 1. The average Bonchev–Trinajstić information content (AvgIpc) is 2.38. The van der Waals surface area contributed by atoms with Crippen molar-refractivity contribution in [2.24, 2.45) is 0 Å². The van der Waals surface area contributed by atoms with Gasteiger partial charge in [-0.05, 0) is 50.6 Å². The van der Waals surface area contributed by atoms with Gasteiger partial charge in [-0.25, -0.2) is 0 Å². The maximum Gasteiger partial charge on any atom is 0.0406 e. The molecule has 0 radical (unpaired) electrons. The van der Waals surface area contributed by atoms with E-state index in [0.29, 0.717) is 6.04 Å². The molecule has 2 rings (SSSR count). The van der Waals surface area contributed by atoms with Crippen LogP contribution in [-0.4, -0.2) is 37.6 Å². The first-order valence-corrected chi connectivity index (χ1v) is 6.80. The maximum atomic E-state index is 5.88. The topological polar surface area (TPSA) is 15.3 Å². The molecule has 1 unspecified atom stereocenters. The number of hydrogen-bond donors (Lipinski definition) is 1. The third kappa shape index (κ3) is 3.98. The van der Waals surface area contributed by atoms with E-state index < -0.39 is 0 Å². The number of piperidine rings is 1. The van der Waals surface area contributed by atoms with E-state index in [0.717, 1.165) is 18.0 Å². The molecule has 1 fully saturated rings. The van der Waals surface area contributed by atoms with Crippen molar-refractivity contribution < 1.29 is 0 Å². The van der Waals surface area contributed by atoms with Crippen LogP contribution in [0, 0.1) is 0 Å². The number of hydrogen-bond acceptors (Lipinski definition) is 2. The first kappa shape index (κ1) is 12.9. The number of halogens is 1. The number of rotatable bonds is 4. The van der Waals surface area contributed by atoms with Gasteiger partial charge in [-0.1, -0.05) is 23.7 Å². The minimum absolute atomic E-state index is 0.675. The summed E-state index contributed by atoms with van der Waals surface area (Å²) in [5.74, 6) is 0. The smallest absolute Gasteiger partial charge is 0.0406 e. The molecule has 17 heavy (non-hydrogen) atoms. The number of nitrogens with one attached hydrogen (secondary N) is 1. The van der Waals surface area contributed by atoms with Gasteiger partial charge in [-0.15, -0.1) is 0 Å². The Morgan fingerprint density at radius 2 is 2.12 bits per heavy atom. The van der Waals surface area contributed by atoms with Crippen molar-refractivity contribution in [1.82, 2.24) is 10.2 Å². The lowest BCUT2D eigenvalue weighted by Crippen LogP contribution is -2.44. The summed E-state index contributed by atoms with van der Waals surface area (Å²) in [6, 6.07) is 8.88. The van der Waals surface area contributed by atoms with Crippen molar-refractivity contribution in [2.45, 2.75) is 25.3 Å². The van der Waals surface area contributed by atoms with Crippen molar-refractivity contribution >= 4 is 11.6 Å². The molecule has 0 saturated carbocycles. The molecular weight excluding hydrogens is 232 g/mol. The fourth-order valence-corrected chi connectivity index (χ4v) is 2.56. The zero-order valence-corrected chi connectivity index (χ0v) is 11.2. The molecule has 3 heteroatoms. The van der Waals surface area contributed by atoms with Crippen LogP contribution in [-0.2, 0) is 6.42 Å². The van der Waals surface area contributed by atoms with Gasteiger partial charge in [0.2, 0.25) is 0 Å². The molecule has 0 bridgehead atoms. The Hall–Kier alpha value is -0.570. The predicted octanol–water partition coefficient (Wildman–Crippen LogP) is 2.57. The van der Waals surface area contributed by atoms with Crippen LogP contribution in [0.5, 0.6) is 0 Å². The first-order chi connectivity index (χ1) is 8.28. The molecule has 94 valence electrons. The zero-order chi connectivity index (χ0) is 12.1. The summed E-state index contributed by atoms with van der Waals surface area (Å²) in [6.45, 7) is 3.58.